The monoisotopic (exact) mass is 224 g/mol. The fraction of sp³-hybridized carbons (Fsp3) is 1.00. The zero-order valence-electron chi connectivity index (χ0n) is 10.1. The SMILES string of the molecule is NCC1(C2(O)CCN(C3CC3)C2)CCCC1. The number of nitrogens with two attached hydrogens (primary N) is 1. The Kier molecular flexibility index (Phi) is 2.54. The Bertz CT molecular complexity index is 271. The fourth-order valence-electron chi connectivity index (χ4n) is 3.92. The van der Waals surface area contributed by atoms with Gasteiger partial charge in [0.05, 0.1) is 5.60 Å². The summed E-state index contributed by atoms with van der Waals surface area (Å²) >= 11 is 0. The highest BCUT2D eigenvalue weighted by Crippen LogP contribution is 2.50. The molecule has 3 N–H and O–H groups in total. The van der Waals surface area contributed by atoms with Crippen LogP contribution in [0.4, 0.5) is 0 Å². The summed E-state index contributed by atoms with van der Waals surface area (Å²) in [5, 5.41) is 11.0. The van der Waals surface area contributed by atoms with Crippen molar-refractivity contribution in [2.75, 3.05) is 19.6 Å². The van der Waals surface area contributed by atoms with Crippen molar-refractivity contribution in [2.24, 2.45) is 11.1 Å². The van der Waals surface area contributed by atoms with E-state index in [1.54, 1.807) is 0 Å². The van der Waals surface area contributed by atoms with E-state index in [9.17, 15) is 5.11 Å². The molecule has 0 bridgehead atoms. The Morgan fingerprint density at radius 1 is 1.19 bits per heavy atom. The van der Waals surface area contributed by atoms with E-state index in [4.69, 9.17) is 5.73 Å². The van der Waals surface area contributed by atoms with Crippen molar-refractivity contribution in [2.45, 2.75) is 56.6 Å². The number of aliphatic hydroxyl groups is 1. The molecule has 0 radical (unpaired) electrons. The normalized spacial score (nSPS) is 39.4. The second-order valence-corrected chi connectivity index (χ2v) is 6.17. The Labute approximate surface area is 98.0 Å². The zero-order valence-corrected chi connectivity index (χ0v) is 10.1. The average Bonchev–Trinajstić information content (AvgIpc) is 2.88. The first-order valence-electron chi connectivity index (χ1n) is 6.86. The molecule has 92 valence electrons. The minimum Gasteiger partial charge on any atom is -0.388 e. The van der Waals surface area contributed by atoms with Crippen LogP contribution in [0.25, 0.3) is 0 Å². The lowest BCUT2D eigenvalue weighted by Gasteiger charge is -2.42. The smallest absolute Gasteiger partial charge is 0.0854 e. The molecule has 0 aromatic rings. The van der Waals surface area contributed by atoms with Gasteiger partial charge in [-0.1, -0.05) is 12.8 Å². The molecule has 0 amide bonds. The molecule has 3 aliphatic rings. The first kappa shape index (κ1) is 11.0. The van der Waals surface area contributed by atoms with Crippen LogP contribution >= 0.6 is 0 Å². The van der Waals surface area contributed by atoms with Crippen LogP contribution in [0.1, 0.15) is 44.9 Å². The van der Waals surface area contributed by atoms with Gasteiger partial charge in [-0.25, -0.2) is 0 Å². The van der Waals surface area contributed by atoms with E-state index in [-0.39, 0.29) is 5.41 Å². The highest BCUT2D eigenvalue weighted by atomic mass is 16.3. The van der Waals surface area contributed by atoms with E-state index in [1.807, 2.05) is 0 Å². The van der Waals surface area contributed by atoms with Crippen LogP contribution < -0.4 is 5.73 Å². The van der Waals surface area contributed by atoms with Gasteiger partial charge in [0, 0.05) is 31.1 Å². The molecule has 1 unspecified atom stereocenters. The molecule has 1 atom stereocenters. The summed E-state index contributed by atoms with van der Waals surface area (Å²) in [5.41, 5.74) is 5.55. The summed E-state index contributed by atoms with van der Waals surface area (Å²) < 4.78 is 0. The quantitative estimate of drug-likeness (QED) is 0.755. The van der Waals surface area contributed by atoms with E-state index < -0.39 is 5.60 Å². The van der Waals surface area contributed by atoms with Crippen molar-refractivity contribution in [1.29, 1.82) is 0 Å². The van der Waals surface area contributed by atoms with E-state index >= 15 is 0 Å². The third-order valence-corrected chi connectivity index (χ3v) is 5.28. The van der Waals surface area contributed by atoms with E-state index in [0.29, 0.717) is 6.54 Å². The lowest BCUT2D eigenvalue weighted by molar-refractivity contribution is -0.0691. The maximum atomic E-state index is 11.0. The summed E-state index contributed by atoms with van der Waals surface area (Å²) in [5.74, 6) is 0. The minimum atomic E-state index is -0.485. The van der Waals surface area contributed by atoms with Gasteiger partial charge in [0.15, 0.2) is 0 Å². The van der Waals surface area contributed by atoms with Gasteiger partial charge in [0.1, 0.15) is 0 Å². The lowest BCUT2D eigenvalue weighted by Crippen LogP contribution is -2.53. The molecule has 0 aromatic carbocycles. The van der Waals surface area contributed by atoms with Gasteiger partial charge in [0.25, 0.3) is 0 Å². The summed E-state index contributed by atoms with van der Waals surface area (Å²) in [7, 11) is 0. The maximum absolute atomic E-state index is 11.0. The lowest BCUT2D eigenvalue weighted by atomic mass is 9.69. The molecule has 3 rings (SSSR count). The van der Waals surface area contributed by atoms with Gasteiger partial charge < -0.3 is 10.8 Å². The summed E-state index contributed by atoms with van der Waals surface area (Å²) in [4.78, 5) is 2.50. The molecule has 0 aromatic heterocycles. The second-order valence-electron chi connectivity index (χ2n) is 6.17. The Morgan fingerprint density at radius 3 is 2.44 bits per heavy atom. The molecule has 0 spiro atoms. The maximum Gasteiger partial charge on any atom is 0.0854 e. The van der Waals surface area contributed by atoms with Crippen LogP contribution in [-0.4, -0.2) is 41.3 Å². The third kappa shape index (κ3) is 1.52. The first-order valence-corrected chi connectivity index (χ1v) is 6.86. The van der Waals surface area contributed by atoms with Gasteiger partial charge in [0.2, 0.25) is 0 Å². The van der Waals surface area contributed by atoms with Gasteiger partial charge >= 0.3 is 0 Å². The van der Waals surface area contributed by atoms with Crippen molar-refractivity contribution in [3.05, 3.63) is 0 Å². The standard InChI is InChI=1S/C13H24N2O/c14-9-12(5-1-2-6-12)13(16)7-8-15(10-13)11-3-4-11/h11,16H,1-10,14H2. The highest BCUT2D eigenvalue weighted by Gasteiger charge is 2.55. The molecule has 1 heterocycles. The predicted molar refractivity (Wildman–Crippen MR) is 64.1 cm³/mol. The number of rotatable bonds is 3. The van der Waals surface area contributed by atoms with Crippen molar-refractivity contribution >= 4 is 0 Å². The van der Waals surface area contributed by atoms with E-state index in [0.717, 1.165) is 38.4 Å². The molecule has 2 saturated carbocycles. The average molecular weight is 224 g/mol. The van der Waals surface area contributed by atoms with Gasteiger partial charge in [-0.2, -0.15) is 0 Å². The van der Waals surface area contributed by atoms with Gasteiger partial charge in [-0.05, 0) is 32.1 Å². The topological polar surface area (TPSA) is 49.5 Å². The van der Waals surface area contributed by atoms with Crippen LogP contribution in [0, 0.1) is 5.41 Å². The van der Waals surface area contributed by atoms with Crippen molar-refractivity contribution in [3.63, 3.8) is 0 Å². The van der Waals surface area contributed by atoms with Crippen LogP contribution in [0.2, 0.25) is 0 Å². The van der Waals surface area contributed by atoms with Crippen LogP contribution in [-0.2, 0) is 0 Å². The van der Waals surface area contributed by atoms with Crippen molar-refractivity contribution in [1.82, 2.24) is 4.90 Å². The molecular formula is C13H24N2O. The van der Waals surface area contributed by atoms with E-state index in [1.165, 1.54) is 25.7 Å². The van der Waals surface area contributed by atoms with Gasteiger partial charge in [-0.3, -0.25) is 4.90 Å². The molecular weight excluding hydrogens is 200 g/mol. The highest BCUT2D eigenvalue weighted by molar-refractivity contribution is 5.08. The molecule has 1 saturated heterocycles. The zero-order chi connectivity index (χ0) is 11.2. The minimum absolute atomic E-state index is 0.0383. The predicted octanol–water partition coefficient (Wildman–Crippen LogP) is 1.10. The van der Waals surface area contributed by atoms with Crippen molar-refractivity contribution in [3.8, 4) is 0 Å². The van der Waals surface area contributed by atoms with Gasteiger partial charge in [-0.15, -0.1) is 0 Å². The number of β-amino-alcohol motifs (C(OH)–C–C–N with tert-alkyl or cyclic N) is 1. The Balaban J connectivity index is 1.76. The van der Waals surface area contributed by atoms with E-state index in [2.05, 4.69) is 4.90 Å². The summed E-state index contributed by atoms with van der Waals surface area (Å²) in [6.45, 7) is 2.64. The first-order chi connectivity index (χ1) is 7.69. The number of likely N-dealkylation sites (tertiary alicyclic amines) is 1. The summed E-state index contributed by atoms with van der Waals surface area (Å²) in [6.07, 6.45) is 8.40. The number of hydrogen-bond donors (Lipinski definition) is 2. The Morgan fingerprint density at radius 2 is 1.88 bits per heavy atom. The third-order valence-electron chi connectivity index (χ3n) is 5.28. The Hall–Kier alpha value is -0.120. The number of hydrogen-bond acceptors (Lipinski definition) is 3. The molecule has 2 aliphatic carbocycles. The van der Waals surface area contributed by atoms with Crippen LogP contribution in [0.15, 0.2) is 0 Å². The molecule has 3 nitrogen and oxygen atoms in total. The summed E-state index contributed by atoms with van der Waals surface area (Å²) in [6, 6.07) is 0.783. The fourth-order valence-corrected chi connectivity index (χ4v) is 3.92. The molecule has 3 fully saturated rings. The van der Waals surface area contributed by atoms with Crippen LogP contribution in [0.5, 0.6) is 0 Å². The molecule has 16 heavy (non-hydrogen) atoms. The molecule has 1 aliphatic heterocycles. The van der Waals surface area contributed by atoms with Crippen LogP contribution in [0.3, 0.4) is 0 Å². The number of nitrogens with zero attached hydrogens (tertiary/aromatic N) is 1. The second kappa shape index (κ2) is 3.69. The largest absolute Gasteiger partial charge is 0.388 e. The molecule has 3 heteroatoms. The van der Waals surface area contributed by atoms with Crippen molar-refractivity contribution < 1.29 is 5.11 Å².